The summed E-state index contributed by atoms with van der Waals surface area (Å²) in [6.07, 6.45) is 3.60. The number of hydrogen-bond donors (Lipinski definition) is 3. The topological polar surface area (TPSA) is 92.2 Å². The van der Waals surface area contributed by atoms with E-state index >= 15 is 0 Å². The van der Waals surface area contributed by atoms with E-state index in [1.165, 1.54) is 16.7 Å². The van der Waals surface area contributed by atoms with Gasteiger partial charge in [0, 0.05) is 29.0 Å². The molecule has 3 aromatic rings. The van der Waals surface area contributed by atoms with Crippen LogP contribution in [0.5, 0.6) is 0 Å². The Balaban J connectivity index is 1.39. The van der Waals surface area contributed by atoms with Gasteiger partial charge in [-0.25, -0.2) is 4.79 Å². The van der Waals surface area contributed by atoms with Crippen LogP contribution in [0.15, 0.2) is 71.7 Å². The third kappa shape index (κ3) is 6.02. The van der Waals surface area contributed by atoms with Gasteiger partial charge in [-0.1, -0.05) is 41.9 Å². The van der Waals surface area contributed by atoms with Crippen molar-refractivity contribution in [3.8, 4) is 0 Å². The Kier molecular flexibility index (Phi) is 6.79. The molecule has 0 bridgehead atoms. The van der Waals surface area contributed by atoms with Crippen LogP contribution in [0.1, 0.15) is 47.3 Å². The lowest BCUT2D eigenvalue weighted by Gasteiger charge is -2.16. The van der Waals surface area contributed by atoms with Gasteiger partial charge in [-0.3, -0.25) is 9.59 Å². The number of hydrogen-bond acceptors (Lipinski definition) is 3. The number of halogens is 1. The van der Waals surface area contributed by atoms with Gasteiger partial charge in [0.25, 0.3) is 11.5 Å². The van der Waals surface area contributed by atoms with Crippen molar-refractivity contribution in [1.82, 2.24) is 15.2 Å². The highest BCUT2D eigenvalue weighted by Crippen LogP contribution is 2.20. The average Bonchev–Trinajstić information content (AvgIpc) is 3.61. The highest BCUT2D eigenvalue weighted by Gasteiger charge is 2.23. The molecule has 1 aliphatic carbocycles. The fourth-order valence-corrected chi connectivity index (χ4v) is 3.59. The standard InChI is InChI=1S/C25H25ClN4O3/c1-16(17-6-9-20(10-7-17)28-25(33)29-21-11-12-21)27-24(32)19-8-13-23(31)30(15-19)14-18-4-2-3-5-22(18)26/h2-10,13,15-16,21H,11-12,14H2,1H3,(H,27,32)(H2,28,29,33). The number of amides is 3. The van der Waals surface area contributed by atoms with Crippen LogP contribution in [0.2, 0.25) is 5.02 Å². The van der Waals surface area contributed by atoms with Crippen LogP contribution in [-0.4, -0.2) is 22.5 Å². The van der Waals surface area contributed by atoms with E-state index in [1.807, 2.05) is 37.3 Å². The predicted molar refractivity (Wildman–Crippen MR) is 129 cm³/mol. The van der Waals surface area contributed by atoms with Gasteiger partial charge in [0.15, 0.2) is 0 Å². The molecule has 3 N–H and O–H groups in total. The molecule has 1 unspecified atom stereocenters. The summed E-state index contributed by atoms with van der Waals surface area (Å²) in [6.45, 7) is 2.15. The molecular formula is C25H25ClN4O3. The van der Waals surface area contributed by atoms with E-state index in [-0.39, 0.29) is 30.1 Å². The molecule has 0 aliphatic heterocycles. The quantitative estimate of drug-likeness (QED) is 0.486. The Morgan fingerprint density at radius 1 is 1.06 bits per heavy atom. The Bertz CT molecular complexity index is 1220. The van der Waals surface area contributed by atoms with E-state index in [2.05, 4.69) is 16.0 Å². The summed E-state index contributed by atoms with van der Waals surface area (Å²) < 4.78 is 1.47. The van der Waals surface area contributed by atoms with E-state index < -0.39 is 0 Å². The number of benzene rings is 2. The van der Waals surface area contributed by atoms with Gasteiger partial charge in [-0.05, 0) is 55.2 Å². The minimum Gasteiger partial charge on any atom is -0.345 e. The van der Waals surface area contributed by atoms with E-state index in [9.17, 15) is 14.4 Å². The molecule has 4 rings (SSSR count). The zero-order valence-corrected chi connectivity index (χ0v) is 18.9. The molecule has 0 saturated heterocycles. The summed E-state index contributed by atoms with van der Waals surface area (Å²) in [5.41, 5.74) is 2.53. The van der Waals surface area contributed by atoms with E-state index in [0.29, 0.717) is 22.3 Å². The number of urea groups is 1. The molecule has 1 fully saturated rings. The monoisotopic (exact) mass is 464 g/mol. The zero-order valence-electron chi connectivity index (χ0n) is 18.2. The zero-order chi connectivity index (χ0) is 23.4. The number of carbonyl (C=O) groups is 2. The maximum Gasteiger partial charge on any atom is 0.319 e. The van der Waals surface area contributed by atoms with Gasteiger partial charge >= 0.3 is 6.03 Å². The molecule has 0 radical (unpaired) electrons. The Hall–Kier alpha value is -3.58. The van der Waals surface area contributed by atoms with Crippen LogP contribution >= 0.6 is 11.6 Å². The first-order valence-corrected chi connectivity index (χ1v) is 11.2. The van der Waals surface area contributed by atoms with Gasteiger partial charge < -0.3 is 20.5 Å². The number of carbonyl (C=O) groups excluding carboxylic acids is 2. The second-order valence-corrected chi connectivity index (χ2v) is 8.57. The van der Waals surface area contributed by atoms with Crippen molar-refractivity contribution in [3.05, 3.63) is 98.9 Å². The first-order chi connectivity index (χ1) is 15.9. The van der Waals surface area contributed by atoms with Gasteiger partial charge in [0.2, 0.25) is 0 Å². The smallest absolute Gasteiger partial charge is 0.319 e. The third-order valence-electron chi connectivity index (χ3n) is 5.47. The maximum atomic E-state index is 12.8. The van der Waals surface area contributed by atoms with E-state index in [4.69, 9.17) is 11.6 Å². The highest BCUT2D eigenvalue weighted by atomic mass is 35.5. The van der Waals surface area contributed by atoms with Crippen molar-refractivity contribution in [2.24, 2.45) is 0 Å². The van der Waals surface area contributed by atoms with Crippen LogP contribution in [0, 0.1) is 0 Å². The summed E-state index contributed by atoms with van der Waals surface area (Å²) in [4.78, 5) is 37.0. The minimum absolute atomic E-state index is 0.210. The van der Waals surface area contributed by atoms with Crippen molar-refractivity contribution in [2.75, 3.05) is 5.32 Å². The number of anilines is 1. The summed E-state index contributed by atoms with van der Waals surface area (Å²) in [5, 5.41) is 9.19. The fraction of sp³-hybridized carbons (Fsp3) is 0.240. The van der Waals surface area contributed by atoms with Crippen LogP contribution < -0.4 is 21.5 Å². The predicted octanol–water partition coefficient (Wildman–Crippen LogP) is 4.32. The lowest BCUT2D eigenvalue weighted by atomic mass is 10.1. The molecule has 170 valence electrons. The molecule has 3 amide bonds. The lowest BCUT2D eigenvalue weighted by Crippen LogP contribution is -2.30. The molecule has 33 heavy (non-hydrogen) atoms. The molecule has 2 aromatic carbocycles. The van der Waals surface area contributed by atoms with Crippen molar-refractivity contribution >= 4 is 29.2 Å². The molecule has 1 aliphatic rings. The van der Waals surface area contributed by atoms with Gasteiger partial charge in [0.1, 0.15) is 0 Å². The first-order valence-electron chi connectivity index (χ1n) is 10.8. The number of nitrogens with one attached hydrogen (secondary N) is 3. The van der Waals surface area contributed by atoms with Crippen molar-refractivity contribution in [1.29, 1.82) is 0 Å². The summed E-state index contributed by atoms with van der Waals surface area (Å²) in [6, 6.07) is 17.3. The second kappa shape index (κ2) is 9.92. The molecular weight excluding hydrogens is 440 g/mol. The Morgan fingerprint density at radius 3 is 2.48 bits per heavy atom. The second-order valence-electron chi connectivity index (χ2n) is 8.17. The van der Waals surface area contributed by atoms with Gasteiger partial charge in [-0.2, -0.15) is 0 Å². The van der Waals surface area contributed by atoms with Crippen molar-refractivity contribution in [2.45, 2.75) is 38.4 Å². The molecule has 7 nitrogen and oxygen atoms in total. The molecule has 0 spiro atoms. The van der Waals surface area contributed by atoms with E-state index in [1.54, 1.807) is 24.4 Å². The number of pyridine rings is 1. The van der Waals surface area contributed by atoms with Crippen molar-refractivity contribution < 1.29 is 9.59 Å². The highest BCUT2D eigenvalue weighted by molar-refractivity contribution is 6.31. The number of rotatable bonds is 7. The number of nitrogens with zero attached hydrogens (tertiary/aromatic N) is 1. The fourth-order valence-electron chi connectivity index (χ4n) is 3.40. The Labute approximate surface area is 196 Å². The van der Waals surface area contributed by atoms with Crippen molar-refractivity contribution in [3.63, 3.8) is 0 Å². The number of aromatic nitrogens is 1. The van der Waals surface area contributed by atoms with Crippen LogP contribution in [0.25, 0.3) is 0 Å². The van der Waals surface area contributed by atoms with Gasteiger partial charge in [-0.15, -0.1) is 0 Å². The third-order valence-corrected chi connectivity index (χ3v) is 5.84. The summed E-state index contributed by atoms with van der Waals surface area (Å²) >= 11 is 6.21. The van der Waals surface area contributed by atoms with E-state index in [0.717, 1.165) is 24.0 Å². The largest absolute Gasteiger partial charge is 0.345 e. The van der Waals surface area contributed by atoms with Crippen LogP contribution in [-0.2, 0) is 6.54 Å². The summed E-state index contributed by atoms with van der Waals surface area (Å²) in [5.74, 6) is -0.290. The normalized spacial score (nSPS) is 13.8. The first kappa shape index (κ1) is 22.6. The van der Waals surface area contributed by atoms with Crippen LogP contribution in [0.3, 0.4) is 0 Å². The molecule has 1 saturated carbocycles. The van der Waals surface area contributed by atoms with Crippen LogP contribution in [0.4, 0.5) is 10.5 Å². The molecule has 8 heteroatoms. The lowest BCUT2D eigenvalue weighted by molar-refractivity contribution is 0.0939. The Morgan fingerprint density at radius 2 is 1.79 bits per heavy atom. The average molecular weight is 465 g/mol. The molecule has 1 aromatic heterocycles. The SMILES string of the molecule is CC(NC(=O)c1ccc(=O)n(Cc2ccccc2Cl)c1)c1ccc(NC(=O)NC2CC2)cc1. The summed E-state index contributed by atoms with van der Waals surface area (Å²) in [7, 11) is 0. The van der Waals surface area contributed by atoms with Gasteiger partial charge in [0.05, 0.1) is 18.2 Å². The molecule has 1 atom stereocenters. The minimum atomic E-state index is -0.290. The maximum absolute atomic E-state index is 12.8. The molecule has 1 heterocycles.